The van der Waals surface area contributed by atoms with Gasteiger partial charge in [-0.05, 0) is 59.9 Å². The van der Waals surface area contributed by atoms with E-state index >= 15 is 0 Å². The zero-order chi connectivity index (χ0) is 18.8. The molecule has 1 aliphatic heterocycles. The van der Waals surface area contributed by atoms with Crippen molar-refractivity contribution < 1.29 is 4.39 Å². The summed E-state index contributed by atoms with van der Waals surface area (Å²) in [5.74, 6) is 0.217. The summed E-state index contributed by atoms with van der Waals surface area (Å²) < 4.78 is 13.3. The van der Waals surface area contributed by atoms with Gasteiger partial charge < -0.3 is 10.2 Å². The van der Waals surface area contributed by atoms with Crippen molar-refractivity contribution in [3.63, 3.8) is 0 Å². The summed E-state index contributed by atoms with van der Waals surface area (Å²) in [6, 6.07) is 8.63. The fourth-order valence-electron chi connectivity index (χ4n) is 2.96. The molecule has 3 aromatic rings. The minimum atomic E-state index is -0.448. The van der Waals surface area contributed by atoms with Gasteiger partial charge in [-0.2, -0.15) is 4.80 Å². The number of nitrogens with zero attached hydrogens (tertiary/aromatic N) is 5. The van der Waals surface area contributed by atoms with Gasteiger partial charge in [0.2, 0.25) is 5.82 Å². The first kappa shape index (κ1) is 18.3. The average molecular weight is 423 g/mol. The highest BCUT2D eigenvalue weighted by Gasteiger charge is 2.24. The number of hydrogen-bond donors (Lipinski definition) is 1. The number of tetrazole rings is 1. The molecule has 10 heteroatoms. The molecule has 4 rings (SSSR count). The lowest BCUT2D eigenvalue weighted by Crippen LogP contribution is -2.41. The number of likely N-dealkylation sites (tertiary alicyclic amines) is 1. The largest absolute Gasteiger partial charge is 0.349 e. The lowest BCUT2D eigenvalue weighted by atomic mass is 10.1. The predicted molar refractivity (Wildman–Crippen MR) is 109 cm³/mol. The van der Waals surface area contributed by atoms with Gasteiger partial charge in [-0.3, -0.25) is 0 Å². The van der Waals surface area contributed by atoms with E-state index in [0.29, 0.717) is 16.6 Å². The highest BCUT2D eigenvalue weighted by atomic mass is 35.5. The Morgan fingerprint density at radius 3 is 2.81 bits per heavy atom. The lowest BCUT2D eigenvalue weighted by Gasteiger charge is -2.33. The summed E-state index contributed by atoms with van der Waals surface area (Å²) in [5.41, 5.74) is 0.673. The maximum absolute atomic E-state index is 13.3. The van der Waals surface area contributed by atoms with Crippen LogP contribution < -0.4 is 5.32 Å². The van der Waals surface area contributed by atoms with E-state index in [1.807, 2.05) is 17.5 Å². The van der Waals surface area contributed by atoms with Crippen molar-refractivity contribution in [3.8, 4) is 10.7 Å². The molecule has 1 fully saturated rings. The second kappa shape index (κ2) is 7.87. The Labute approximate surface area is 169 Å². The number of anilines is 1. The summed E-state index contributed by atoms with van der Waals surface area (Å²) in [7, 11) is 0. The molecule has 0 spiro atoms. The van der Waals surface area contributed by atoms with Gasteiger partial charge in [0, 0.05) is 18.8 Å². The van der Waals surface area contributed by atoms with Gasteiger partial charge in [-0.25, -0.2) is 4.39 Å². The molecule has 1 aromatic carbocycles. The van der Waals surface area contributed by atoms with Crippen LogP contribution in [0.2, 0.25) is 5.02 Å². The molecule has 1 aliphatic rings. The van der Waals surface area contributed by atoms with Crippen molar-refractivity contribution in [2.24, 2.45) is 0 Å². The normalized spacial score (nSPS) is 15.1. The van der Waals surface area contributed by atoms with Crippen LogP contribution in [0.4, 0.5) is 10.1 Å². The number of benzene rings is 1. The van der Waals surface area contributed by atoms with Gasteiger partial charge in [0.25, 0.3) is 0 Å². The molecule has 1 N–H and O–H groups in total. The van der Waals surface area contributed by atoms with Crippen LogP contribution in [0.3, 0.4) is 0 Å². The fourth-order valence-corrected chi connectivity index (χ4v) is 4.09. The van der Waals surface area contributed by atoms with Crippen LogP contribution in [0.5, 0.6) is 0 Å². The number of rotatable bonds is 3. The molecule has 140 valence electrons. The molecule has 3 heterocycles. The zero-order valence-electron chi connectivity index (χ0n) is 14.2. The Kier molecular flexibility index (Phi) is 5.33. The average Bonchev–Trinajstić information content (AvgIpc) is 3.36. The topological polar surface area (TPSA) is 58.9 Å². The van der Waals surface area contributed by atoms with Crippen LogP contribution in [0.15, 0.2) is 35.7 Å². The van der Waals surface area contributed by atoms with Gasteiger partial charge in [0.15, 0.2) is 5.11 Å². The Hall–Kier alpha value is -2.10. The van der Waals surface area contributed by atoms with Gasteiger partial charge in [0.05, 0.1) is 15.9 Å². The van der Waals surface area contributed by atoms with Crippen LogP contribution in [0.1, 0.15) is 18.9 Å². The van der Waals surface area contributed by atoms with Crippen molar-refractivity contribution in [3.05, 3.63) is 46.6 Å². The van der Waals surface area contributed by atoms with Crippen LogP contribution in [-0.2, 0) is 0 Å². The van der Waals surface area contributed by atoms with Crippen molar-refractivity contribution in [1.82, 2.24) is 25.1 Å². The summed E-state index contributed by atoms with van der Waals surface area (Å²) in [4.78, 5) is 4.81. The molecule has 0 saturated carbocycles. The van der Waals surface area contributed by atoms with Crippen LogP contribution >= 0.6 is 35.2 Å². The van der Waals surface area contributed by atoms with Crippen LogP contribution in [-0.4, -0.2) is 43.3 Å². The van der Waals surface area contributed by atoms with Crippen LogP contribution in [0.25, 0.3) is 10.7 Å². The number of piperidine rings is 1. The number of nitrogens with one attached hydrogen (secondary N) is 1. The first-order valence-corrected chi connectivity index (χ1v) is 10.1. The van der Waals surface area contributed by atoms with E-state index in [9.17, 15) is 4.39 Å². The van der Waals surface area contributed by atoms with E-state index in [2.05, 4.69) is 25.6 Å². The molecule has 0 aliphatic carbocycles. The Morgan fingerprint density at radius 2 is 2.11 bits per heavy atom. The van der Waals surface area contributed by atoms with E-state index in [4.69, 9.17) is 23.8 Å². The van der Waals surface area contributed by atoms with E-state index in [1.54, 1.807) is 22.2 Å². The first-order chi connectivity index (χ1) is 13.1. The molecule has 0 radical (unpaired) electrons. The second-order valence-corrected chi connectivity index (χ2v) is 7.93. The summed E-state index contributed by atoms with van der Waals surface area (Å²) in [6.45, 7) is 1.56. The third-order valence-electron chi connectivity index (χ3n) is 4.42. The predicted octanol–water partition coefficient (Wildman–Crippen LogP) is 4.23. The minimum absolute atomic E-state index is 0.0697. The molecular formula is C17H16ClFN6S2. The van der Waals surface area contributed by atoms with Crippen molar-refractivity contribution >= 4 is 46.0 Å². The number of thiocarbonyl (C=S) groups is 1. The standard InChI is InChI=1S/C17H16ClFN6S2/c18-13-10-11(3-4-14(13)19)20-17(26)24-7-5-12(6-8-24)25-22-16(21-23-25)15-2-1-9-27-15/h1-4,9-10,12H,5-8H2,(H,20,26). The minimum Gasteiger partial charge on any atom is -0.349 e. The van der Waals surface area contributed by atoms with Crippen LogP contribution in [0, 0.1) is 5.82 Å². The maximum Gasteiger partial charge on any atom is 0.214 e. The summed E-state index contributed by atoms with van der Waals surface area (Å²) in [6.07, 6.45) is 1.73. The maximum atomic E-state index is 13.3. The van der Waals surface area contributed by atoms with Crippen molar-refractivity contribution in [1.29, 1.82) is 0 Å². The number of halogens is 2. The molecule has 6 nitrogen and oxygen atoms in total. The fraction of sp³-hybridized carbons (Fsp3) is 0.294. The first-order valence-electron chi connectivity index (χ1n) is 8.44. The van der Waals surface area contributed by atoms with Gasteiger partial charge in [0.1, 0.15) is 5.82 Å². The van der Waals surface area contributed by atoms with Crippen molar-refractivity contribution in [2.45, 2.75) is 18.9 Å². The van der Waals surface area contributed by atoms with E-state index < -0.39 is 5.82 Å². The van der Waals surface area contributed by atoms with E-state index in [1.165, 1.54) is 12.1 Å². The molecule has 0 amide bonds. The van der Waals surface area contributed by atoms with Gasteiger partial charge >= 0.3 is 0 Å². The van der Waals surface area contributed by atoms with E-state index in [0.717, 1.165) is 30.8 Å². The Bertz CT molecular complexity index is 937. The smallest absolute Gasteiger partial charge is 0.214 e. The molecular weight excluding hydrogens is 407 g/mol. The highest BCUT2D eigenvalue weighted by molar-refractivity contribution is 7.80. The zero-order valence-corrected chi connectivity index (χ0v) is 16.6. The number of thiophene rings is 1. The second-order valence-electron chi connectivity index (χ2n) is 6.19. The number of hydrogen-bond acceptors (Lipinski definition) is 5. The quantitative estimate of drug-likeness (QED) is 0.637. The Balaban J connectivity index is 1.34. The molecule has 0 atom stereocenters. The third kappa shape index (κ3) is 4.10. The number of aromatic nitrogens is 4. The molecule has 1 saturated heterocycles. The van der Waals surface area contributed by atoms with Crippen molar-refractivity contribution in [2.75, 3.05) is 18.4 Å². The van der Waals surface area contributed by atoms with Gasteiger partial charge in [-0.1, -0.05) is 17.7 Å². The molecule has 27 heavy (non-hydrogen) atoms. The summed E-state index contributed by atoms with van der Waals surface area (Å²) >= 11 is 12.9. The highest BCUT2D eigenvalue weighted by Crippen LogP contribution is 2.25. The molecule has 2 aromatic heterocycles. The van der Waals surface area contributed by atoms with Gasteiger partial charge in [-0.15, -0.1) is 21.5 Å². The Morgan fingerprint density at radius 1 is 1.30 bits per heavy atom. The molecule has 0 bridgehead atoms. The SMILES string of the molecule is Fc1ccc(NC(=S)N2CCC(n3nnc(-c4cccs4)n3)CC2)cc1Cl. The third-order valence-corrected chi connectivity index (χ3v) is 5.93. The monoisotopic (exact) mass is 422 g/mol. The lowest BCUT2D eigenvalue weighted by molar-refractivity contribution is 0.238. The molecule has 0 unspecified atom stereocenters. The van der Waals surface area contributed by atoms with E-state index in [-0.39, 0.29) is 11.1 Å². The summed E-state index contributed by atoms with van der Waals surface area (Å²) in [5, 5.41) is 18.7.